The smallest absolute Gasteiger partial charge is 0.291 e. The molecule has 0 aliphatic heterocycles. The molecule has 0 radical (unpaired) electrons. The number of carbonyl (C=O) groups is 1. The number of hydrogen-bond donors (Lipinski definition) is 1. The largest absolute Gasteiger partial charge is 0.496 e. The molecule has 0 aliphatic rings. The van der Waals surface area contributed by atoms with Crippen LogP contribution in [-0.2, 0) is 6.42 Å². The number of ether oxygens (including phenoxy) is 4. The lowest BCUT2D eigenvalue weighted by atomic mass is 10.1. The summed E-state index contributed by atoms with van der Waals surface area (Å²) in [4.78, 5) is 12.6. The highest BCUT2D eigenvalue weighted by Crippen LogP contribution is 2.36. The van der Waals surface area contributed by atoms with Crippen molar-refractivity contribution in [3.05, 3.63) is 64.6 Å². The fourth-order valence-corrected chi connectivity index (χ4v) is 3.16. The van der Waals surface area contributed by atoms with Gasteiger partial charge in [-0.25, -0.2) is 0 Å². The number of halogens is 1. The first kappa shape index (κ1) is 21.4. The van der Waals surface area contributed by atoms with E-state index in [0.717, 1.165) is 5.56 Å². The lowest BCUT2D eigenvalue weighted by Gasteiger charge is -2.14. The van der Waals surface area contributed by atoms with Gasteiger partial charge < -0.3 is 28.7 Å². The number of furan rings is 1. The number of hydrogen-bond acceptors (Lipinski definition) is 6. The average Bonchev–Trinajstić information content (AvgIpc) is 3.22. The molecule has 3 aromatic rings. The Labute approximate surface area is 179 Å². The van der Waals surface area contributed by atoms with Crippen molar-refractivity contribution in [3.8, 4) is 23.0 Å². The van der Waals surface area contributed by atoms with E-state index in [-0.39, 0.29) is 5.76 Å². The lowest BCUT2D eigenvalue weighted by Crippen LogP contribution is -2.11. The molecule has 1 amide bonds. The molecule has 0 fully saturated rings. The lowest BCUT2D eigenvalue weighted by molar-refractivity contribution is 0.0994. The van der Waals surface area contributed by atoms with E-state index >= 15 is 0 Å². The van der Waals surface area contributed by atoms with Gasteiger partial charge in [-0.3, -0.25) is 4.79 Å². The highest BCUT2D eigenvalue weighted by Gasteiger charge is 2.18. The van der Waals surface area contributed by atoms with E-state index in [2.05, 4.69) is 5.32 Å². The maximum Gasteiger partial charge on any atom is 0.291 e. The van der Waals surface area contributed by atoms with Gasteiger partial charge in [0, 0.05) is 29.1 Å². The summed E-state index contributed by atoms with van der Waals surface area (Å²) >= 11 is 6.01. The van der Waals surface area contributed by atoms with E-state index in [9.17, 15) is 4.79 Å². The Hall–Kier alpha value is -3.32. The Morgan fingerprint density at radius 3 is 2.17 bits per heavy atom. The number of methoxy groups -OCH3 is 4. The zero-order valence-electron chi connectivity index (χ0n) is 17.1. The summed E-state index contributed by atoms with van der Waals surface area (Å²) in [5.74, 6) is 2.60. The molecule has 0 saturated carbocycles. The first-order valence-electron chi connectivity index (χ1n) is 9.01. The fraction of sp³-hybridized carbons (Fsp3) is 0.227. The summed E-state index contributed by atoms with van der Waals surface area (Å²) in [6.07, 6.45) is 0.365. The summed E-state index contributed by atoms with van der Waals surface area (Å²) in [6.45, 7) is 0. The highest BCUT2D eigenvalue weighted by molar-refractivity contribution is 6.31. The Balaban J connectivity index is 1.82. The molecule has 0 aliphatic carbocycles. The van der Waals surface area contributed by atoms with E-state index in [1.54, 1.807) is 63.8 Å². The van der Waals surface area contributed by atoms with Crippen molar-refractivity contribution >= 4 is 23.2 Å². The minimum atomic E-state index is -0.421. The van der Waals surface area contributed by atoms with Crippen LogP contribution in [0.25, 0.3) is 0 Å². The quantitative estimate of drug-likeness (QED) is 0.551. The van der Waals surface area contributed by atoms with Crippen LogP contribution < -0.4 is 24.3 Å². The van der Waals surface area contributed by atoms with Gasteiger partial charge in [0.2, 0.25) is 0 Å². The van der Waals surface area contributed by atoms with Crippen molar-refractivity contribution < 1.29 is 28.2 Å². The predicted octanol–water partition coefficient (Wildman–Crippen LogP) is 4.81. The zero-order chi connectivity index (χ0) is 21.7. The molecular formula is C22H22ClNO6. The fourth-order valence-electron chi connectivity index (χ4n) is 2.98. The van der Waals surface area contributed by atoms with Gasteiger partial charge in [0.05, 0.1) is 34.1 Å². The molecule has 0 spiro atoms. The predicted molar refractivity (Wildman–Crippen MR) is 114 cm³/mol. The zero-order valence-corrected chi connectivity index (χ0v) is 17.8. The molecule has 1 aromatic heterocycles. The number of benzene rings is 2. The van der Waals surface area contributed by atoms with Crippen LogP contribution in [0.1, 0.15) is 21.9 Å². The van der Waals surface area contributed by atoms with Crippen LogP contribution >= 0.6 is 11.6 Å². The second-order valence-corrected chi connectivity index (χ2v) is 6.69. The summed E-state index contributed by atoms with van der Waals surface area (Å²) in [7, 11) is 6.22. The van der Waals surface area contributed by atoms with Crippen molar-refractivity contribution in [1.82, 2.24) is 0 Å². The van der Waals surface area contributed by atoms with Crippen LogP contribution in [0, 0.1) is 0 Å². The topological polar surface area (TPSA) is 79.2 Å². The van der Waals surface area contributed by atoms with Gasteiger partial charge in [-0.2, -0.15) is 0 Å². The van der Waals surface area contributed by atoms with Gasteiger partial charge in [-0.05, 0) is 30.3 Å². The van der Waals surface area contributed by atoms with Crippen LogP contribution in [0.3, 0.4) is 0 Å². The van der Waals surface area contributed by atoms with Crippen LogP contribution in [0.4, 0.5) is 5.69 Å². The third-order valence-electron chi connectivity index (χ3n) is 4.46. The van der Waals surface area contributed by atoms with Crippen molar-refractivity contribution in [2.75, 3.05) is 33.8 Å². The van der Waals surface area contributed by atoms with Crippen molar-refractivity contribution in [2.45, 2.75) is 6.42 Å². The standard InChI is InChI=1S/C22H22ClNO6/c1-26-15-11-20(28-3)16(21(12-15)29-4)10-14-6-8-19(30-14)22(25)24-17-9-13(23)5-7-18(17)27-2/h5-9,11-12H,10H2,1-4H3,(H,24,25). The SMILES string of the molecule is COc1cc(OC)c(Cc2ccc(C(=O)Nc3cc(Cl)ccc3OC)o2)c(OC)c1. The third-order valence-corrected chi connectivity index (χ3v) is 4.70. The first-order chi connectivity index (χ1) is 14.5. The Morgan fingerprint density at radius 2 is 1.57 bits per heavy atom. The maximum atomic E-state index is 12.6. The molecular weight excluding hydrogens is 410 g/mol. The maximum absolute atomic E-state index is 12.6. The number of nitrogens with one attached hydrogen (secondary N) is 1. The van der Waals surface area contributed by atoms with Gasteiger partial charge in [-0.15, -0.1) is 0 Å². The van der Waals surface area contributed by atoms with E-state index in [0.29, 0.717) is 45.9 Å². The second-order valence-electron chi connectivity index (χ2n) is 6.25. The van der Waals surface area contributed by atoms with Crippen molar-refractivity contribution in [2.24, 2.45) is 0 Å². The summed E-state index contributed by atoms with van der Waals surface area (Å²) < 4.78 is 27.2. The monoisotopic (exact) mass is 431 g/mol. The van der Waals surface area contributed by atoms with Crippen molar-refractivity contribution in [3.63, 3.8) is 0 Å². The van der Waals surface area contributed by atoms with Crippen LogP contribution in [0.2, 0.25) is 5.02 Å². The van der Waals surface area contributed by atoms with Gasteiger partial charge in [0.1, 0.15) is 28.8 Å². The Morgan fingerprint density at radius 1 is 0.900 bits per heavy atom. The van der Waals surface area contributed by atoms with Gasteiger partial charge >= 0.3 is 0 Å². The van der Waals surface area contributed by atoms with Crippen molar-refractivity contribution in [1.29, 1.82) is 0 Å². The van der Waals surface area contributed by atoms with E-state index in [1.807, 2.05) is 0 Å². The molecule has 0 unspecified atom stereocenters. The summed E-state index contributed by atoms with van der Waals surface area (Å²) in [5.41, 5.74) is 1.23. The molecule has 2 aromatic carbocycles. The normalized spacial score (nSPS) is 10.4. The van der Waals surface area contributed by atoms with Gasteiger partial charge in [-0.1, -0.05) is 11.6 Å². The molecule has 0 bridgehead atoms. The van der Waals surface area contributed by atoms with E-state index in [4.69, 9.17) is 35.0 Å². The number of rotatable bonds is 8. The van der Waals surface area contributed by atoms with Crippen LogP contribution in [-0.4, -0.2) is 34.3 Å². The number of anilines is 1. The summed E-state index contributed by atoms with van der Waals surface area (Å²) in [5, 5.41) is 3.22. The van der Waals surface area contributed by atoms with Crippen LogP contribution in [0.5, 0.6) is 23.0 Å². The number of amides is 1. The molecule has 8 heteroatoms. The molecule has 3 rings (SSSR count). The molecule has 1 heterocycles. The molecule has 30 heavy (non-hydrogen) atoms. The molecule has 0 saturated heterocycles. The number of carbonyl (C=O) groups excluding carboxylic acids is 1. The van der Waals surface area contributed by atoms with Gasteiger partial charge in [0.15, 0.2) is 5.76 Å². The van der Waals surface area contributed by atoms with E-state index < -0.39 is 5.91 Å². The van der Waals surface area contributed by atoms with Gasteiger partial charge in [0.25, 0.3) is 5.91 Å². The Kier molecular flexibility index (Phi) is 6.74. The molecule has 158 valence electrons. The summed E-state index contributed by atoms with van der Waals surface area (Å²) in [6, 6.07) is 11.8. The average molecular weight is 432 g/mol. The third kappa shape index (κ3) is 4.63. The molecule has 1 N–H and O–H groups in total. The molecule has 7 nitrogen and oxygen atoms in total. The van der Waals surface area contributed by atoms with E-state index in [1.165, 1.54) is 7.11 Å². The second kappa shape index (κ2) is 9.45. The minimum Gasteiger partial charge on any atom is -0.496 e. The first-order valence-corrected chi connectivity index (χ1v) is 9.39. The minimum absolute atomic E-state index is 0.151. The van der Waals surface area contributed by atoms with Crippen LogP contribution in [0.15, 0.2) is 46.9 Å². The highest BCUT2D eigenvalue weighted by atomic mass is 35.5. The molecule has 0 atom stereocenters. The Bertz CT molecular complexity index is 1020.